The van der Waals surface area contributed by atoms with Gasteiger partial charge in [-0.2, -0.15) is 0 Å². The van der Waals surface area contributed by atoms with E-state index in [1.807, 2.05) is 30.3 Å². The lowest BCUT2D eigenvalue weighted by Gasteiger charge is -2.07. The molecule has 116 valence electrons. The summed E-state index contributed by atoms with van der Waals surface area (Å²) in [4.78, 5) is 22.2. The van der Waals surface area contributed by atoms with Crippen molar-refractivity contribution >= 4 is 11.8 Å². The Kier molecular flexibility index (Phi) is 8.68. The van der Waals surface area contributed by atoms with E-state index in [0.29, 0.717) is 26.1 Å². The minimum atomic E-state index is -0.00819. The summed E-state index contributed by atoms with van der Waals surface area (Å²) < 4.78 is 5.48. The third-order valence-electron chi connectivity index (χ3n) is 2.89. The highest BCUT2D eigenvalue weighted by molar-refractivity contribution is 5.75. The molecule has 0 saturated carbocycles. The molecule has 2 N–H and O–H groups in total. The SMILES string of the molecule is CC(=O)NCCCCCC(=O)NCCOc1ccccc1. The lowest BCUT2D eigenvalue weighted by molar-refractivity contribution is -0.121. The number of amides is 2. The average Bonchev–Trinajstić information content (AvgIpc) is 2.48. The van der Waals surface area contributed by atoms with Crippen molar-refractivity contribution in [3.05, 3.63) is 30.3 Å². The fourth-order valence-electron chi connectivity index (χ4n) is 1.82. The van der Waals surface area contributed by atoms with Crippen molar-refractivity contribution in [2.24, 2.45) is 0 Å². The van der Waals surface area contributed by atoms with Gasteiger partial charge in [0.2, 0.25) is 11.8 Å². The number of rotatable bonds is 10. The van der Waals surface area contributed by atoms with Gasteiger partial charge in [0.15, 0.2) is 0 Å². The molecule has 0 aliphatic heterocycles. The Hall–Kier alpha value is -2.04. The Balaban J connectivity index is 1.93. The zero-order valence-electron chi connectivity index (χ0n) is 12.6. The molecule has 5 heteroatoms. The summed E-state index contributed by atoms with van der Waals surface area (Å²) in [7, 11) is 0. The van der Waals surface area contributed by atoms with Gasteiger partial charge in [-0.15, -0.1) is 0 Å². The van der Waals surface area contributed by atoms with E-state index in [4.69, 9.17) is 4.74 Å². The number of hydrogen-bond donors (Lipinski definition) is 2. The van der Waals surface area contributed by atoms with Crippen LogP contribution in [-0.2, 0) is 9.59 Å². The molecule has 0 bridgehead atoms. The maximum Gasteiger partial charge on any atom is 0.220 e. The van der Waals surface area contributed by atoms with Gasteiger partial charge < -0.3 is 15.4 Å². The summed E-state index contributed by atoms with van der Waals surface area (Å²) in [5.41, 5.74) is 0. The standard InChI is InChI=1S/C16H24N2O3/c1-14(19)17-11-7-3-6-10-16(20)18-12-13-21-15-8-4-2-5-9-15/h2,4-5,8-9H,3,6-7,10-13H2,1H3,(H,17,19)(H,18,20). The van der Waals surface area contributed by atoms with Crippen molar-refractivity contribution in [3.63, 3.8) is 0 Å². The van der Waals surface area contributed by atoms with E-state index >= 15 is 0 Å². The van der Waals surface area contributed by atoms with E-state index in [1.54, 1.807) is 0 Å². The summed E-state index contributed by atoms with van der Waals surface area (Å²) >= 11 is 0. The minimum Gasteiger partial charge on any atom is -0.492 e. The van der Waals surface area contributed by atoms with Crippen LogP contribution >= 0.6 is 0 Å². The van der Waals surface area contributed by atoms with E-state index in [-0.39, 0.29) is 11.8 Å². The molecule has 0 saturated heterocycles. The van der Waals surface area contributed by atoms with Crippen molar-refractivity contribution in [1.29, 1.82) is 0 Å². The van der Waals surface area contributed by atoms with Crippen LogP contribution in [0.15, 0.2) is 30.3 Å². The molecular weight excluding hydrogens is 268 g/mol. The number of para-hydroxylation sites is 1. The molecule has 5 nitrogen and oxygen atoms in total. The summed E-state index contributed by atoms with van der Waals surface area (Å²) in [5.74, 6) is 0.849. The summed E-state index contributed by atoms with van der Waals surface area (Å²) in [6, 6.07) is 9.53. The van der Waals surface area contributed by atoms with Crippen LogP contribution < -0.4 is 15.4 Å². The van der Waals surface area contributed by atoms with Crippen LogP contribution in [0.25, 0.3) is 0 Å². The van der Waals surface area contributed by atoms with E-state index in [9.17, 15) is 9.59 Å². The molecule has 0 spiro atoms. The number of benzene rings is 1. The van der Waals surface area contributed by atoms with E-state index < -0.39 is 0 Å². The Bertz CT molecular complexity index is 421. The molecule has 0 atom stereocenters. The second-order valence-corrected chi connectivity index (χ2v) is 4.81. The third kappa shape index (κ3) is 9.49. The Labute approximate surface area is 126 Å². The molecular formula is C16H24N2O3. The molecule has 0 radical (unpaired) electrons. The predicted molar refractivity (Wildman–Crippen MR) is 82.1 cm³/mol. The van der Waals surface area contributed by atoms with Crippen molar-refractivity contribution < 1.29 is 14.3 Å². The largest absolute Gasteiger partial charge is 0.492 e. The molecule has 0 aliphatic rings. The normalized spacial score (nSPS) is 9.95. The Morgan fingerprint density at radius 3 is 2.48 bits per heavy atom. The molecule has 0 fully saturated rings. The van der Waals surface area contributed by atoms with E-state index in [0.717, 1.165) is 25.0 Å². The number of carbonyl (C=O) groups excluding carboxylic acids is 2. The van der Waals surface area contributed by atoms with Crippen LogP contribution in [0, 0.1) is 0 Å². The van der Waals surface area contributed by atoms with Crippen molar-refractivity contribution in [2.75, 3.05) is 19.7 Å². The Morgan fingerprint density at radius 1 is 1.00 bits per heavy atom. The third-order valence-corrected chi connectivity index (χ3v) is 2.89. The molecule has 0 unspecified atom stereocenters. The number of unbranched alkanes of at least 4 members (excludes halogenated alkanes) is 2. The van der Waals surface area contributed by atoms with Gasteiger partial charge in [0.1, 0.15) is 12.4 Å². The molecule has 1 aromatic carbocycles. The highest BCUT2D eigenvalue weighted by Gasteiger charge is 2.01. The van der Waals surface area contributed by atoms with Gasteiger partial charge in [0.05, 0.1) is 6.54 Å². The topological polar surface area (TPSA) is 67.4 Å². The fourth-order valence-corrected chi connectivity index (χ4v) is 1.82. The monoisotopic (exact) mass is 292 g/mol. The maximum atomic E-state index is 11.6. The molecule has 0 aliphatic carbocycles. The molecule has 0 heterocycles. The number of nitrogens with one attached hydrogen (secondary N) is 2. The number of hydrogen-bond acceptors (Lipinski definition) is 3. The smallest absolute Gasteiger partial charge is 0.220 e. The van der Waals surface area contributed by atoms with Crippen LogP contribution in [0.2, 0.25) is 0 Å². The lowest BCUT2D eigenvalue weighted by atomic mass is 10.2. The van der Waals surface area contributed by atoms with Gasteiger partial charge in [-0.1, -0.05) is 24.6 Å². The molecule has 0 aromatic heterocycles. The quantitative estimate of drug-likeness (QED) is 0.647. The number of ether oxygens (including phenoxy) is 1. The van der Waals surface area contributed by atoms with Gasteiger partial charge >= 0.3 is 0 Å². The summed E-state index contributed by atoms with van der Waals surface area (Å²) in [6.07, 6.45) is 3.20. The second-order valence-electron chi connectivity index (χ2n) is 4.81. The molecule has 21 heavy (non-hydrogen) atoms. The first-order valence-corrected chi connectivity index (χ1v) is 7.37. The fraction of sp³-hybridized carbons (Fsp3) is 0.500. The highest BCUT2D eigenvalue weighted by Crippen LogP contribution is 2.07. The molecule has 1 rings (SSSR count). The second kappa shape index (κ2) is 10.7. The maximum absolute atomic E-state index is 11.6. The van der Waals surface area contributed by atoms with Gasteiger partial charge in [-0.05, 0) is 25.0 Å². The van der Waals surface area contributed by atoms with Gasteiger partial charge in [0.25, 0.3) is 0 Å². The lowest BCUT2D eigenvalue weighted by Crippen LogP contribution is -2.27. The van der Waals surface area contributed by atoms with E-state index in [1.165, 1.54) is 6.92 Å². The summed E-state index contributed by atoms with van der Waals surface area (Å²) in [5, 5.41) is 5.56. The first-order valence-electron chi connectivity index (χ1n) is 7.37. The molecule has 2 amide bonds. The zero-order valence-corrected chi connectivity index (χ0v) is 12.6. The zero-order chi connectivity index (χ0) is 15.3. The van der Waals surface area contributed by atoms with Crippen LogP contribution in [0.4, 0.5) is 0 Å². The van der Waals surface area contributed by atoms with Crippen molar-refractivity contribution in [1.82, 2.24) is 10.6 Å². The number of carbonyl (C=O) groups is 2. The van der Waals surface area contributed by atoms with Gasteiger partial charge in [-0.25, -0.2) is 0 Å². The van der Waals surface area contributed by atoms with Crippen molar-refractivity contribution in [2.45, 2.75) is 32.6 Å². The van der Waals surface area contributed by atoms with Crippen LogP contribution in [0.3, 0.4) is 0 Å². The first kappa shape index (κ1) is 17.0. The Morgan fingerprint density at radius 2 is 1.76 bits per heavy atom. The van der Waals surface area contributed by atoms with Crippen molar-refractivity contribution in [3.8, 4) is 5.75 Å². The van der Waals surface area contributed by atoms with Gasteiger partial charge in [0, 0.05) is 19.9 Å². The van der Waals surface area contributed by atoms with Crippen LogP contribution in [-0.4, -0.2) is 31.5 Å². The molecule has 1 aromatic rings. The van der Waals surface area contributed by atoms with Crippen LogP contribution in [0.5, 0.6) is 5.75 Å². The minimum absolute atomic E-state index is 0.00819. The predicted octanol–water partition coefficient (Wildman–Crippen LogP) is 1.88. The highest BCUT2D eigenvalue weighted by atomic mass is 16.5. The average molecular weight is 292 g/mol. The van der Waals surface area contributed by atoms with Gasteiger partial charge in [-0.3, -0.25) is 9.59 Å². The summed E-state index contributed by atoms with van der Waals surface area (Å²) in [6.45, 7) is 3.17. The van der Waals surface area contributed by atoms with E-state index in [2.05, 4.69) is 10.6 Å². The van der Waals surface area contributed by atoms with Crippen LogP contribution in [0.1, 0.15) is 32.6 Å². The first-order chi connectivity index (χ1) is 10.2.